The van der Waals surface area contributed by atoms with Crippen molar-refractivity contribution in [2.75, 3.05) is 6.61 Å². The van der Waals surface area contributed by atoms with E-state index in [-0.39, 0.29) is 23.9 Å². The Labute approximate surface area is 196 Å². The maximum atomic E-state index is 12.4. The minimum atomic E-state index is -0.519. The molecule has 0 aliphatic carbocycles. The molecule has 34 heavy (non-hydrogen) atoms. The predicted molar refractivity (Wildman–Crippen MR) is 127 cm³/mol. The highest BCUT2D eigenvalue weighted by Crippen LogP contribution is 2.31. The zero-order chi connectivity index (χ0) is 24.1. The third-order valence-corrected chi connectivity index (χ3v) is 5.11. The van der Waals surface area contributed by atoms with Crippen LogP contribution < -0.4 is 9.47 Å². The van der Waals surface area contributed by atoms with Gasteiger partial charge < -0.3 is 14.2 Å². The number of hydrogen-bond acceptors (Lipinski definition) is 7. The van der Waals surface area contributed by atoms with E-state index in [0.717, 1.165) is 16.7 Å². The van der Waals surface area contributed by atoms with E-state index in [9.17, 15) is 14.9 Å². The Morgan fingerprint density at radius 3 is 2.50 bits per heavy atom. The third-order valence-electron chi connectivity index (χ3n) is 5.11. The van der Waals surface area contributed by atoms with Crippen LogP contribution in [-0.4, -0.2) is 23.4 Å². The van der Waals surface area contributed by atoms with E-state index in [0.29, 0.717) is 23.7 Å². The topological polar surface area (TPSA) is 100 Å². The van der Waals surface area contributed by atoms with Gasteiger partial charge in [0.1, 0.15) is 6.61 Å². The first-order valence-electron chi connectivity index (χ1n) is 10.7. The highest BCUT2D eigenvalue weighted by Gasteiger charge is 2.25. The number of nitrogens with zero attached hydrogens (tertiary/aromatic N) is 2. The molecule has 3 aromatic rings. The van der Waals surface area contributed by atoms with Gasteiger partial charge in [-0.15, -0.1) is 0 Å². The lowest BCUT2D eigenvalue weighted by molar-refractivity contribution is -0.384. The van der Waals surface area contributed by atoms with E-state index >= 15 is 0 Å². The summed E-state index contributed by atoms with van der Waals surface area (Å²) in [6.45, 7) is 4.43. The minimum Gasteiger partial charge on any atom is -0.490 e. The van der Waals surface area contributed by atoms with Crippen molar-refractivity contribution in [1.29, 1.82) is 0 Å². The lowest BCUT2D eigenvalue weighted by atomic mass is 10.1. The lowest BCUT2D eigenvalue weighted by Gasteiger charge is -2.13. The van der Waals surface area contributed by atoms with Crippen LogP contribution in [0.15, 0.2) is 77.4 Å². The van der Waals surface area contributed by atoms with Crippen molar-refractivity contribution in [3.63, 3.8) is 0 Å². The molecule has 0 atom stereocenters. The zero-order valence-corrected chi connectivity index (χ0v) is 18.7. The molecule has 3 aromatic carbocycles. The molecule has 0 radical (unpaired) electrons. The number of nitro benzene ring substituents is 1. The molecule has 0 amide bonds. The summed E-state index contributed by atoms with van der Waals surface area (Å²) >= 11 is 0. The normalized spacial score (nSPS) is 14.0. The van der Waals surface area contributed by atoms with Crippen LogP contribution in [0.1, 0.15) is 29.2 Å². The third kappa shape index (κ3) is 5.12. The molecule has 1 aliphatic heterocycles. The van der Waals surface area contributed by atoms with Crippen LogP contribution in [0.2, 0.25) is 0 Å². The van der Waals surface area contributed by atoms with Gasteiger partial charge in [0.05, 0.1) is 11.5 Å². The smallest absolute Gasteiger partial charge is 0.363 e. The molecule has 0 spiro atoms. The van der Waals surface area contributed by atoms with E-state index in [2.05, 4.69) is 4.99 Å². The van der Waals surface area contributed by atoms with Gasteiger partial charge in [-0.05, 0) is 66.9 Å². The van der Waals surface area contributed by atoms with Gasteiger partial charge in [0.15, 0.2) is 17.2 Å². The number of benzene rings is 3. The molecule has 172 valence electrons. The van der Waals surface area contributed by atoms with Gasteiger partial charge >= 0.3 is 5.97 Å². The number of ether oxygens (including phenoxy) is 3. The van der Waals surface area contributed by atoms with Crippen LogP contribution in [0.3, 0.4) is 0 Å². The molecule has 1 heterocycles. The Kier molecular flexibility index (Phi) is 6.68. The van der Waals surface area contributed by atoms with Crippen molar-refractivity contribution < 1.29 is 23.9 Å². The van der Waals surface area contributed by atoms with Crippen molar-refractivity contribution >= 4 is 23.6 Å². The largest absolute Gasteiger partial charge is 0.490 e. The minimum absolute atomic E-state index is 0.0230. The van der Waals surface area contributed by atoms with Crippen LogP contribution >= 0.6 is 0 Å². The molecule has 4 rings (SSSR count). The standard InChI is InChI=1S/C26H22N2O6/c1-3-32-24-15-19(10-13-23(24)33-16-18-8-11-20(12-9-18)28(30)31)14-22-26(29)34-25(27-22)21-7-5-4-6-17(21)2/h4-15H,3,16H2,1-2H3/b22-14-. The zero-order valence-electron chi connectivity index (χ0n) is 18.7. The second-order valence-electron chi connectivity index (χ2n) is 7.50. The van der Waals surface area contributed by atoms with Gasteiger partial charge in [-0.3, -0.25) is 10.1 Å². The lowest BCUT2D eigenvalue weighted by Crippen LogP contribution is -2.06. The number of esters is 1. The van der Waals surface area contributed by atoms with Crippen LogP contribution in [0.5, 0.6) is 11.5 Å². The summed E-state index contributed by atoms with van der Waals surface area (Å²) in [7, 11) is 0. The quantitative estimate of drug-likeness (QED) is 0.198. The number of rotatable bonds is 8. The fraction of sp³-hybridized carbons (Fsp3) is 0.154. The van der Waals surface area contributed by atoms with E-state index in [1.54, 1.807) is 36.4 Å². The number of carbonyl (C=O) groups excluding carboxylic acids is 1. The molecular formula is C26H22N2O6. The monoisotopic (exact) mass is 458 g/mol. The fourth-order valence-electron chi connectivity index (χ4n) is 3.37. The maximum Gasteiger partial charge on any atom is 0.363 e. The van der Waals surface area contributed by atoms with Gasteiger partial charge in [-0.25, -0.2) is 9.79 Å². The van der Waals surface area contributed by atoms with E-state index in [4.69, 9.17) is 14.2 Å². The summed E-state index contributed by atoms with van der Waals surface area (Å²) in [5.41, 5.74) is 3.43. The number of aliphatic imine (C=N–C) groups is 1. The molecule has 1 aliphatic rings. The molecule has 0 N–H and O–H groups in total. The Balaban J connectivity index is 1.54. The SMILES string of the molecule is CCOc1cc(/C=C2\N=C(c3ccccc3C)OC2=O)ccc1OCc1ccc([N+](=O)[O-])cc1. The second kappa shape index (κ2) is 9.99. The van der Waals surface area contributed by atoms with Gasteiger partial charge in [0, 0.05) is 17.7 Å². The van der Waals surface area contributed by atoms with E-state index in [1.165, 1.54) is 12.1 Å². The summed E-state index contributed by atoms with van der Waals surface area (Å²) in [5.74, 6) is 0.783. The van der Waals surface area contributed by atoms with E-state index in [1.807, 2.05) is 38.1 Å². The second-order valence-corrected chi connectivity index (χ2v) is 7.50. The molecule has 0 unspecified atom stereocenters. The number of carbonyl (C=O) groups is 1. The number of hydrogen-bond donors (Lipinski definition) is 0. The first kappa shape index (κ1) is 22.7. The Hall–Kier alpha value is -4.46. The molecule has 0 fully saturated rings. The van der Waals surface area contributed by atoms with Crippen LogP contribution in [0.25, 0.3) is 6.08 Å². The molecule has 8 nitrogen and oxygen atoms in total. The van der Waals surface area contributed by atoms with Crippen molar-refractivity contribution in [1.82, 2.24) is 0 Å². The first-order valence-corrected chi connectivity index (χ1v) is 10.7. The summed E-state index contributed by atoms with van der Waals surface area (Å²) in [4.78, 5) is 27.1. The molecule has 0 aromatic heterocycles. The van der Waals surface area contributed by atoms with Gasteiger partial charge in [-0.1, -0.05) is 24.3 Å². The summed E-state index contributed by atoms with van der Waals surface area (Å²) < 4.78 is 17.0. The van der Waals surface area contributed by atoms with Crippen molar-refractivity contribution in [3.05, 3.63) is 105 Å². The highest BCUT2D eigenvalue weighted by molar-refractivity contribution is 6.13. The summed E-state index contributed by atoms with van der Waals surface area (Å²) in [6.07, 6.45) is 1.64. The average molecular weight is 458 g/mol. The van der Waals surface area contributed by atoms with Crippen molar-refractivity contribution in [2.45, 2.75) is 20.5 Å². The maximum absolute atomic E-state index is 12.4. The van der Waals surface area contributed by atoms with Crippen molar-refractivity contribution in [2.24, 2.45) is 4.99 Å². The average Bonchev–Trinajstić information content (AvgIpc) is 3.19. The van der Waals surface area contributed by atoms with E-state index < -0.39 is 10.9 Å². The molecule has 0 saturated heterocycles. The molecule has 0 bridgehead atoms. The van der Waals surface area contributed by atoms with Crippen molar-refractivity contribution in [3.8, 4) is 11.5 Å². The fourth-order valence-corrected chi connectivity index (χ4v) is 3.37. The predicted octanol–water partition coefficient (Wildman–Crippen LogP) is 5.23. The number of aryl methyl sites for hydroxylation is 1. The van der Waals surface area contributed by atoms with Crippen LogP contribution in [0, 0.1) is 17.0 Å². The Morgan fingerprint density at radius 1 is 1.03 bits per heavy atom. The molecule has 0 saturated carbocycles. The van der Waals surface area contributed by atoms with Gasteiger partial charge in [0.25, 0.3) is 5.69 Å². The highest BCUT2D eigenvalue weighted by atomic mass is 16.6. The molecular weight excluding hydrogens is 436 g/mol. The number of cyclic esters (lactones) is 1. The number of nitro groups is 1. The van der Waals surface area contributed by atoms with Gasteiger partial charge in [-0.2, -0.15) is 0 Å². The Morgan fingerprint density at radius 2 is 1.79 bits per heavy atom. The van der Waals surface area contributed by atoms with Crippen LogP contribution in [-0.2, 0) is 16.1 Å². The first-order chi connectivity index (χ1) is 16.4. The van der Waals surface area contributed by atoms with Crippen LogP contribution in [0.4, 0.5) is 5.69 Å². The molecule has 8 heteroatoms. The summed E-state index contributed by atoms with van der Waals surface area (Å²) in [5, 5.41) is 10.8. The Bertz CT molecular complexity index is 1290. The summed E-state index contributed by atoms with van der Waals surface area (Å²) in [6, 6.07) is 19.0. The number of non-ortho nitro benzene ring substituents is 1. The van der Waals surface area contributed by atoms with Gasteiger partial charge in [0.2, 0.25) is 5.90 Å².